The fourth-order valence-corrected chi connectivity index (χ4v) is 3.89. The number of hydrogen-bond donors (Lipinski definition) is 1. The van der Waals surface area contributed by atoms with E-state index in [1.165, 1.54) is 19.4 Å². The van der Waals surface area contributed by atoms with Crippen LogP contribution in [0.2, 0.25) is 5.28 Å². The van der Waals surface area contributed by atoms with E-state index >= 15 is 0 Å². The lowest BCUT2D eigenvalue weighted by Crippen LogP contribution is -2.55. The maximum atomic E-state index is 13.7. The zero-order chi connectivity index (χ0) is 14.3. The molecule has 1 N–H and O–H groups in total. The monoisotopic (exact) mass is 298 g/mol. The van der Waals surface area contributed by atoms with Crippen LogP contribution in [-0.2, 0) is 0 Å². The molecule has 0 aliphatic carbocycles. The minimum absolute atomic E-state index is 0.0754. The third kappa shape index (κ3) is 2.61. The fraction of sp³-hybridized carbons (Fsp3) is 0.714. The molecule has 2 atom stereocenters. The van der Waals surface area contributed by atoms with Crippen LogP contribution < -0.4 is 5.32 Å². The summed E-state index contributed by atoms with van der Waals surface area (Å²) < 4.78 is 13.7. The summed E-state index contributed by atoms with van der Waals surface area (Å²) in [5.41, 5.74) is 0.143. The first kappa shape index (κ1) is 14.0. The van der Waals surface area contributed by atoms with Crippen molar-refractivity contribution >= 4 is 17.4 Å². The molecular weight excluding hydrogens is 279 g/mol. The maximum Gasteiger partial charge on any atom is 0.224 e. The molecule has 20 heavy (non-hydrogen) atoms. The van der Waals surface area contributed by atoms with Crippen molar-refractivity contribution in [1.82, 2.24) is 14.9 Å². The summed E-state index contributed by atoms with van der Waals surface area (Å²) in [6.45, 7) is 5.71. The fourth-order valence-electron chi connectivity index (χ4n) is 3.76. The molecule has 3 rings (SSSR count). The lowest BCUT2D eigenvalue weighted by atomic mass is 9.84. The van der Waals surface area contributed by atoms with E-state index in [-0.39, 0.29) is 22.7 Å². The molecule has 3 heterocycles. The summed E-state index contributed by atoms with van der Waals surface area (Å²) in [5.74, 6) is -0.224. The van der Waals surface area contributed by atoms with Gasteiger partial charge in [-0.3, -0.25) is 4.90 Å². The molecule has 4 nitrogen and oxygen atoms in total. The zero-order valence-corrected chi connectivity index (χ0v) is 12.6. The van der Waals surface area contributed by atoms with Crippen LogP contribution in [0.4, 0.5) is 10.2 Å². The average Bonchev–Trinajstić information content (AvgIpc) is 2.82. The molecule has 2 aliphatic rings. The van der Waals surface area contributed by atoms with Crippen LogP contribution in [0.25, 0.3) is 0 Å². The summed E-state index contributed by atoms with van der Waals surface area (Å²) in [7, 11) is 0. The van der Waals surface area contributed by atoms with Gasteiger partial charge in [-0.25, -0.2) is 9.37 Å². The molecule has 2 saturated heterocycles. The number of aromatic nitrogens is 2. The Kier molecular flexibility index (Phi) is 3.58. The molecular formula is C14H20ClFN4. The topological polar surface area (TPSA) is 41.1 Å². The Morgan fingerprint density at radius 3 is 3.10 bits per heavy atom. The molecule has 0 amide bonds. The van der Waals surface area contributed by atoms with Crippen molar-refractivity contribution in [3.63, 3.8) is 0 Å². The Balaban J connectivity index is 1.76. The number of halogens is 2. The van der Waals surface area contributed by atoms with E-state index in [1.807, 2.05) is 0 Å². The lowest BCUT2D eigenvalue weighted by Gasteiger charge is -2.47. The number of nitrogens with zero attached hydrogens (tertiary/aromatic N) is 3. The highest BCUT2D eigenvalue weighted by atomic mass is 35.5. The molecule has 0 spiro atoms. The molecule has 2 fully saturated rings. The number of nitrogens with one attached hydrogen (secondary N) is 1. The molecule has 2 aliphatic heterocycles. The first-order chi connectivity index (χ1) is 9.45. The zero-order valence-electron chi connectivity index (χ0n) is 11.9. The van der Waals surface area contributed by atoms with Gasteiger partial charge in [0, 0.05) is 17.6 Å². The van der Waals surface area contributed by atoms with Crippen molar-refractivity contribution < 1.29 is 4.39 Å². The van der Waals surface area contributed by atoms with Crippen LogP contribution in [0, 0.1) is 5.82 Å². The summed E-state index contributed by atoms with van der Waals surface area (Å²) >= 11 is 5.74. The minimum atomic E-state index is -0.443. The average molecular weight is 299 g/mol. The van der Waals surface area contributed by atoms with Crippen LogP contribution in [-0.4, -0.2) is 39.0 Å². The quantitative estimate of drug-likeness (QED) is 0.852. The largest absolute Gasteiger partial charge is 0.365 e. The minimum Gasteiger partial charge on any atom is -0.365 e. The number of fused-ring (bicyclic) bond motifs is 1. The Morgan fingerprint density at radius 1 is 1.50 bits per heavy atom. The first-order valence-corrected chi connectivity index (χ1v) is 7.55. The highest BCUT2D eigenvalue weighted by Crippen LogP contribution is 2.38. The predicted molar refractivity (Wildman–Crippen MR) is 77.5 cm³/mol. The Morgan fingerprint density at radius 2 is 2.30 bits per heavy atom. The predicted octanol–water partition coefficient (Wildman–Crippen LogP) is 3.09. The second-order valence-corrected chi connectivity index (χ2v) is 6.76. The van der Waals surface area contributed by atoms with Crippen LogP contribution >= 0.6 is 11.6 Å². The molecule has 0 unspecified atom stereocenters. The Hall–Kier alpha value is -0.940. The highest BCUT2D eigenvalue weighted by Gasteiger charge is 2.42. The lowest BCUT2D eigenvalue weighted by molar-refractivity contribution is 0.0500. The summed E-state index contributed by atoms with van der Waals surface area (Å²) in [6.07, 6.45) is 5.62. The van der Waals surface area contributed by atoms with Gasteiger partial charge in [-0.15, -0.1) is 0 Å². The molecule has 110 valence electrons. The van der Waals surface area contributed by atoms with Crippen molar-refractivity contribution in [3.05, 3.63) is 17.3 Å². The van der Waals surface area contributed by atoms with Gasteiger partial charge in [-0.1, -0.05) is 0 Å². The Bertz CT molecular complexity index is 508. The van der Waals surface area contributed by atoms with E-state index in [9.17, 15) is 4.39 Å². The van der Waals surface area contributed by atoms with Crippen LogP contribution in [0.1, 0.15) is 39.5 Å². The molecule has 0 aromatic carbocycles. The second-order valence-electron chi connectivity index (χ2n) is 6.42. The highest BCUT2D eigenvalue weighted by molar-refractivity contribution is 6.28. The number of piperidine rings is 1. The van der Waals surface area contributed by atoms with Crippen LogP contribution in [0.3, 0.4) is 0 Å². The summed E-state index contributed by atoms with van der Waals surface area (Å²) in [6, 6.07) is 0.821. The second kappa shape index (κ2) is 5.11. The smallest absolute Gasteiger partial charge is 0.224 e. The van der Waals surface area contributed by atoms with Crippen molar-refractivity contribution in [3.8, 4) is 0 Å². The number of anilines is 1. The van der Waals surface area contributed by atoms with Crippen LogP contribution in [0.15, 0.2) is 6.20 Å². The third-order valence-electron chi connectivity index (χ3n) is 4.51. The van der Waals surface area contributed by atoms with Gasteiger partial charge in [0.25, 0.3) is 0 Å². The van der Waals surface area contributed by atoms with Crippen molar-refractivity contribution in [2.75, 3.05) is 11.9 Å². The van der Waals surface area contributed by atoms with Gasteiger partial charge >= 0.3 is 0 Å². The molecule has 1 aromatic rings. The summed E-state index contributed by atoms with van der Waals surface area (Å²) in [5, 5.41) is 3.30. The van der Waals surface area contributed by atoms with E-state index in [4.69, 9.17) is 11.6 Å². The normalized spacial score (nSPS) is 29.2. The van der Waals surface area contributed by atoms with Gasteiger partial charge in [0.15, 0.2) is 11.6 Å². The molecule has 6 heteroatoms. The molecule has 0 bridgehead atoms. The van der Waals surface area contributed by atoms with E-state index < -0.39 is 5.82 Å². The van der Waals surface area contributed by atoms with Gasteiger partial charge in [0.1, 0.15) is 0 Å². The van der Waals surface area contributed by atoms with Crippen molar-refractivity contribution in [2.45, 2.75) is 57.2 Å². The molecule has 1 aromatic heterocycles. The maximum absolute atomic E-state index is 13.7. The van der Waals surface area contributed by atoms with Crippen LogP contribution in [0.5, 0.6) is 0 Å². The van der Waals surface area contributed by atoms with Crippen molar-refractivity contribution in [2.24, 2.45) is 0 Å². The number of hydrogen-bond acceptors (Lipinski definition) is 4. The standard InChI is InChI=1S/C14H20ClFN4/c1-14(2)7-9(6-10-4-3-5-20(10)14)18-12-11(16)8-17-13(15)19-12/h8-10H,3-7H2,1-2H3,(H,17,18,19)/t9-,10+/m0/s1. The summed E-state index contributed by atoms with van der Waals surface area (Å²) in [4.78, 5) is 10.2. The molecule has 0 saturated carbocycles. The third-order valence-corrected chi connectivity index (χ3v) is 4.69. The van der Waals surface area contributed by atoms with Crippen molar-refractivity contribution in [1.29, 1.82) is 0 Å². The first-order valence-electron chi connectivity index (χ1n) is 7.17. The van der Waals surface area contributed by atoms with E-state index in [0.717, 1.165) is 19.0 Å². The van der Waals surface area contributed by atoms with Gasteiger partial charge < -0.3 is 5.32 Å². The Labute approximate surface area is 123 Å². The van der Waals surface area contributed by atoms with Gasteiger partial charge in [-0.05, 0) is 57.7 Å². The van der Waals surface area contributed by atoms with Gasteiger partial charge in [-0.2, -0.15) is 4.98 Å². The van der Waals surface area contributed by atoms with E-state index in [2.05, 4.69) is 34.0 Å². The number of rotatable bonds is 2. The molecule has 0 radical (unpaired) electrons. The van der Waals surface area contributed by atoms with Gasteiger partial charge in [0.05, 0.1) is 6.20 Å². The van der Waals surface area contributed by atoms with Gasteiger partial charge in [0.2, 0.25) is 5.28 Å². The van der Waals surface area contributed by atoms with E-state index in [0.29, 0.717) is 6.04 Å². The van der Waals surface area contributed by atoms with E-state index in [1.54, 1.807) is 0 Å². The SMILES string of the molecule is CC1(C)C[C@@H](Nc2nc(Cl)ncc2F)C[C@H]2CCCN21.